The number of amides is 1. The van der Waals surface area contributed by atoms with Crippen LogP contribution in [0.5, 0.6) is 11.5 Å². The number of carbonyl (C=O) groups is 1. The predicted octanol–water partition coefficient (Wildman–Crippen LogP) is 4.05. The maximum absolute atomic E-state index is 12.6. The van der Waals surface area contributed by atoms with Crippen LogP contribution >= 0.6 is 0 Å². The van der Waals surface area contributed by atoms with Gasteiger partial charge in [0.25, 0.3) is 0 Å². The predicted molar refractivity (Wildman–Crippen MR) is 115 cm³/mol. The molecule has 0 aliphatic carbocycles. The third kappa shape index (κ3) is 3.32. The molecule has 0 fully saturated rings. The molecule has 0 saturated heterocycles. The molecule has 0 bridgehead atoms. The monoisotopic (exact) mass is 419 g/mol. The van der Waals surface area contributed by atoms with Gasteiger partial charge in [0.15, 0.2) is 11.5 Å². The highest BCUT2D eigenvalue weighted by Gasteiger charge is 2.18. The average Bonchev–Trinajstić information content (AvgIpc) is 3.32. The van der Waals surface area contributed by atoms with E-state index >= 15 is 0 Å². The van der Waals surface area contributed by atoms with Crippen LogP contribution in [0.3, 0.4) is 0 Å². The fraction of sp³-hybridized carbons (Fsp3) is 0.250. The molecule has 0 radical (unpaired) electrons. The third-order valence-electron chi connectivity index (χ3n) is 5.85. The zero-order valence-corrected chi connectivity index (χ0v) is 17.5. The van der Waals surface area contributed by atoms with Crippen LogP contribution in [0.25, 0.3) is 21.9 Å². The number of furan rings is 1. The zero-order valence-electron chi connectivity index (χ0n) is 17.5. The quantitative estimate of drug-likeness (QED) is 0.502. The molecule has 7 nitrogen and oxygen atoms in total. The fourth-order valence-electron chi connectivity index (χ4n) is 3.90. The summed E-state index contributed by atoms with van der Waals surface area (Å²) in [5, 5.41) is 4.63. The molecule has 31 heavy (non-hydrogen) atoms. The standard InChI is InChI=1S/C24H21NO6/c1-12-14(3)30-20-9-21-17(7-16(12)20)13(2)18(24(27)31-21)8-23(26)25-10-15-4-5-19-22(6-15)29-11-28-19/h4-7,9H,8,10-11H2,1-3H3,(H,25,26). The van der Waals surface area contributed by atoms with Crippen molar-refractivity contribution in [2.75, 3.05) is 6.79 Å². The van der Waals surface area contributed by atoms with E-state index in [1.165, 1.54) is 0 Å². The van der Waals surface area contributed by atoms with Crippen molar-refractivity contribution in [1.82, 2.24) is 5.32 Å². The lowest BCUT2D eigenvalue weighted by atomic mass is 10.0. The Morgan fingerprint density at radius 2 is 1.68 bits per heavy atom. The number of rotatable bonds is 4. The van der Waals surface area contributed by atoms with Crippen molar-refractivity contribution in [3.63, 3.8) is 0 Å². The minimum atomic E-state index is -0.512. The molecule has 0 atom stereocenters. The molecular formula is C24H21NO6. The topological polar surface area (TPSA) is 90.9 Å². The summed E-state index contributed by atoms with van der Waals surface area (Å²) >= 11 is 0. The smallest absolute Gasteiger partial charge is 0.340 e. The van der Waals surface area contributed by atoms with Crippen molar-refractivity contribution in [3.8, 4) is 11.5 Å². The SMILES string of the molecule is Cc1oc2cc3oc(=O)c(CC(=O)NCc4ccc5c(c4)OCO5)c(C)c3cc2c1C. The Hall–Kier alpha value is -3.74. The summed E-state index contributed by atoms with van der Waals surface area (Å²) in [4.78, 5) is 25.2. The number of ether oxygens (including phenoxy) is 2. The van der Waals surface area contributed by atoms with Crippen molar-refractivity contribution in [2.45, 2.75) is 33.7 Å². The van der Waals surface area contributed by atoms with Gasteiger partial charge in [-0.25, -0.2) is 4.79 Å². The van der Waals surface area contributed by atoms with Crippen molar-refractivity contribution < 1.29 is 23.1 Å². The first-order valence-electron chi connectivity index (χ1n) is 10.0. The van der Waals surface area contributed by atoms with Gasteiger partial charge in [0, 0.05) is 23.4 Å². The minimum Gasteiger partial charge on any atom is -0.461 e. The van der Waals surface area contributed by atoms with Crippen LogP contribution < -0.4 is 20.4 Å². The number of hydrogen-bond donors (Lipinski definition) is 1. The molecule has 5 rings (SSSR count). The van der Waals surface area contributed by atoms with Crippen LogP contribution in [-0.4, -0.2) is 12.7 Å². The molecule has 0 unspecified atom stereocenters. The van der Waals surface area contributed by atoms with Gasteiger partial charge in [0.2, 0.25) is 12.7 Å². The molecule has 3 heterocycles. The minimum absolute atomic E-state index is 0.0594. The Morgan fingerprint density at radius 1 is 0.935 bits per heavy atom. The fourth-order valence-corrected chi connectivity index (χ4v) is 3.90. The highest BCUT2D eigenvalue weighted by Crippen LogP contribution is 2.33. The van der Waals surface area contributed by atoms with Gasteiger partial charge in [-0.05, 0) is 55.7 Å². The second-order valence-electron chi connectivity index (χ2n) is 7.76. The van der Waals surface area contributed by atoms with Crippen LogP contribution in [0, 0.1) is 20.8 Å². The molecule has 1 aliphatic heterocycles. The van der Waals surface area contributed by atoms with Gasteiger partial charge >= 0.3 is 5.63 Å². The third-order valence-corrected chi connectivity index (χ3v) is 5.85. The lowest BCUT2D eigenvalue weighted by molar-refractivity contribution is -0.120. The second kappa shape index (κ2) is 7.19. The van der Waals surface area contributed by atoms with E-state index in [1.54, 1.807) is 6.07 Å². The maximum atomic E-state index is 12.6. The van der Waals surface area contributed by atoms with Gasteiger partial charge in [0.05, 0.1) is 12.0 Å². The summed E-state index contributed by atoms with van der Waals surface area (Å²) in [7, 11) is 0. The van der Waals surface area contributed by atoms with Crippen molar-refractivity contribution >= 4 is 27.8 Å². The van der Waals surface area contributed by atoms with E-state index in [4.69, 9.17) is 18.3 Å². The van der Waals surface area contributed by atoms with Crippen molar-refractivity contribution in [1.29, 1.82) is 0 Å². The summed E-state index contributed by atoms with van der Waals surface area (Å²) in [5.41, 5.74) is 3.64. The Kier molecular flexibility index (Phi) is 4.46. The molecule has 158 valence electrons. The van der Waals surface area contributed by atoms with Gasteiger partial charge in [-0.1, -0.05) is 6.07 Å². The Balaban J connectivity index is 1.40. The number of carbonyl (C=O) groups excluding carboxylic acids is 1. The molecular weight excluding hydrogens is 398 g/mol. The molecule has 7 heteroatoms. The maximum Gasteiger partial charge on any atom is 0.340 e. The first-order chi connectivity index (χ1) is 14.9. The number of hydrogen-bond acceptors (Lipinski definition) is 6. The van der Waals surface area contributed by atoms with E-state index in [0.29, 0.717) is 34.8 Å². The van der Waals surface area contributed by atoms with Gasteiger partial charge in [-0.15, -0.1) is 0 Å². The molecule has 1 amide bonds. The average molecular weight is 419 g/mol. The summed E-state index contributed by atoms with van der Waals surface area (Å²) in [5.74, 6) is 1.92. The Morgan fingerprint density at radius 3 is 2.52 bits per heavy atom. The van der Waals surface area contributed by atoms with Gasteiger partial charge in [-0.3, -0.25) is 4.79 Å². The normalized spacial score (nSPS) is 12.6. The summed E-state index contributed by atoms with van der Waals surface area (Å²) < 4.78 is 21.9. The van der Waals surface area contributed by atoms with E-state index in [0.717, 1.165) is 33.2 Å². The highest BCUT2D eigenvalue weighted by atomic mass is 16.7. The van der Waals surface area contributed by atoms with Crippen LogP contribution in [-0.2, 0) is 17.8 Å². The number of fused-ring (bicyclic) bond motifs is 3. The molecule has 0 spiro atoms. The van der Waals surface area contributed by atoms with Gasteiger partial charge in [-0.2, -0.15) is 0 Å². The van der Waals surface area contributed by atoms with E-state index < -0.39 is 5.63 Å². The van der Waals surface area contributed by atoms with Crippen LogP contribution in [0.2, 0.25) is 0 Å². The lowest BCUT2D eigenvalue weighted by Crippen LogP contribution is -2.27. The van der Waals surface area contributed by atoms with E-state index in [2.05, 4.69) is 5.32 Å². The molecule has 1 aliphatic rings. The van der Waals surface area contributed by atoms with E-state index in [-0.39, 0.29) is 19.1 Å². The first-order valence-corrected chi connectivity index (χ1v) is 10.0. The number of benzene rings is 2. The van der Waals surface area contributed by atoms with Crippen LogP contribution in [0.15, 0.2) is 44.0 Å². The van der Waals surface area contributed by atoms with Crippen molar-refractivity contribution in [3.05, 3.63) is 68.8 Å². The van der Waals surface area contributed by atoms with Gasteiger partial charge in [0.1, 0.15) is 16.9 Å². The Labute approximate surface area is 177 Å². The molecule has 0 saturated carbocycles. The molecule has 1 N–H and O–H groups in total. The lowest BCUT2D eigenvalue weighted by Gasteiger charge is -2.09. The first kappa shape index (κ1) is 19.2. The highest BCUT2D eigenvalue weighted by molar-refractivity contribution is 5.97. The Bertz CT molecular complexity index is 1410. The summed E-state index contributed by atoms with van der Waals surface area (Å²) in [6.45, 7) is 6.26. The van der Waals surface area contributed by atoms with Crippen molar-refractivity contribution in [2.24, 2.45) is 0 Å². The summed E-state index contributed by atoms with van der Waals surface area (Å²) in [6, 6.07) is 9.21. The number of aryl methyl sites for hydroxylation is 3. The number of nitrogens with one attached hydrogen (secondary N) is 1. The zero-order chi connectivity index (χ0) is 21.7. The summed E-state index contributed by atoms with van der Waals surface area (Å²) in [6.07, 6.45) is -0.0594. The van der Waals surface area contributed by atoms with Crippen LogP contribution in [0.1, 0.15) is 28.0 Å². The van der Waals surface area contributed by atoms with Crippen LogP contribution in [0.4, 0.5) is 0 Å². The second-order valence-corrected chi connectivity index (χ2v) is 7.76. The van der Waals surface area contributed by atoms with Gasteiger partial charge < -0.3 is 23.6 Å². The molecule has 4 aromatic rings. The van der Waals surface area contributed by atoms with E-state index in [1.807, 2.05) is 45.0 Å². The largest absolute Gasteiger partial charge is 0.461 e. The molecule has 2 aromatic carbocycles. The molecule has 2 aromatic heterocycles. The van der Waals surface area contributed by atoms with E-state index in [9.17, 15) is 9.59 Å².